The van der Waals surface area contributed by atoms with Crippen molar-refractivity contribution in [2.24, 2.45) is 0 Å². The molecule has 1 aromatic carbocycles. The van der Waals surface area contributed by atoms with Crippen LogP contribution in [0, 0.1) is 0 Å². The van der Waals surface area contributed by atoms with Crippen LogP contribution in [-0.4, -0.2) is 26.2 Å². The van der Waals surface area contributed by atoms with Gasteiger partial charge in [-0.1, -0.05) is 43.3 Å². The molecule has 0 bridgehead atoms. The predicted molar refractivity (Wildman–Crippen MR) is 80.4 cm³/mol. The molecule has 1 aromatic heterocycles. The number of aliphatic hydroxyl groups is 1. The zero-order valence-corrected chi connectivity index (χ0v) is 12.7. The number of hydrogen-bond donors (Lipinski definition) is 2. The number of rotatable bonds is 6. The minimum absolute atomic E-state index is 0.115. The third kappa shape index (κ3) is 3.46. The van der Waals surface area contributed by atoms with Gasteiger partial charge in [-0.25, -0.2) is 13.1 Å². The Morgan fingerprint density at radius 3 is 2.45 bits per heavy atom. The van der Waals surface area contributed by atoms with Crippen LogP contribution in [0.15, 0.2) is 52.1 Å². The molecule has 0 amide bonds. The van der Waals surface area contributed by atoms with E-state index in [4.69, 9.17) is 0 Å². The van der Waals surface area contributed by atoms with E-state index in [9.17, 15) is 13.5 Å². The fourth-order valence-electron chi connectivity index (χ4n) is 1.96. The molecule has 2 rings (SSSR count). The molecule has 6 heteroatoms. The smallest absolute Gasteiger partial charge is 0.250 e. The molecule has 0 aliphatic carbocycles. The molecule has 0 aliphatic heterocycles. The van der Waals surface area contributed by atoms with Crippen LogP contribution in [0.5, 0.6) is 0 Å². The van der Waals surface area contributed by atoms with Crippen LogP contribution in [0.4, 0.5) is 0 Å². The SMILES string of the molecule is C[C@H](c1ccccc1)[C@@H](CO)NS(=O)(=O)c1cccs1. The molecule has 0 unspecified atom stereocenters. The van der Waals surface area contributed by atoms with Crippen molar-refractivity contribution in [2.45, 2.75) is 23.1 Å². The van der Waals surface area contributed by atoms with E-state index in [1.54, 1.807) is 17.5 Å². The minimum Gasteiger partial charge on any atom is -0.395 e. The van der Waals surface area contributed by atoms with Gasteiger partial charge in [-0.05, 0) is 22.9 Å². The summed E-state index contributed by atoms with van der Waals surface area (Å²) in [6.45, 7) is 1.65. The standard InChI is InChI=1S/C14H17NO3S2/c1-11(12-6-3-2-4-7-12)13(10-16)15-20(17,18)14-8-5-9-19-14/h2-9,11,13,15-16H,10H2,1H3/t11-,13-/m1/s1. The summed E-state index contributed by atoms with van der Waals surface area (Å²) < 4.78 is 27.2. The van der Waals surface area contributed by atoms with Gasteiger partial charge in [0, 0.05) is 0 Å². The molecule has 4 nitrogen and oxygen atoms in total. The summed E-state index contributed by atoms with van der Waals surface area (Å²) in [6.07, 6.45) is 0. The Morgan fingerprint density at radius 1 is 1.20 bits per heavy atom. The third-order valence-electron chi connectivity index (χ3n) is 3.19. The number of thiophene rings is 1. The van der Waals surface area contributed by atoms with Crippen molar-refractivity contribution in [3.63, 3.8) is 0 Å². The third-order valence-corrected chi connectivity index (χ3v) is 6.08. The lowest BCUT2D eigenvalue weighted by Gasteiger charge is -2.23. The van der Waals surface area contributed by atoms with E-state index in [0.717, 1.165) is 16.9 Å². The fourth-order valence-corrected chi connectivity index (χ4v) is 4.28. The Labute approximate surface area is 123 Å². The molecule has 1 heterocycles. The van der Waals surface area contributed by atoms with E-state index in [1.165, 1.54) is 0 Å². The second-order valence-electron chi connectivity index (χ2n) is 4.54. The van der Waals surface area contributed by atoms with Crippen molar-refractivity contribution in [3.8, 4) is 0 Å². The van der Waals surface area contributed by atoms with Gasteiger partial charge in [0.2, 0.25) is 10.0 Å². The summed E-state index contributed by atoms with van der Waals surface area (Å²) in [5, 5.41) is 11.2. The van der Waals surface area contributed by atoms with Gasteiger partial charge in [0.15, 0.2) is 0 Å². The van der Waals surface area contributed by atoms with Gasteiger partial charge in [-0.3, -0.25) is 0 Å². The van der Waals surface area contributed by atoms with Gasteiger partial charge in [-0.2, -0.15) is 0 Å². The predicted octanol–water partition coefficient (Wildman–Crippen LogP) is 2.19. The Balaban J connectivity index is 2.18. The maximum atomic E-state index is 12.2. The number of nitrogens with one attached hydrogen (secondary N) is 1. The lowest BCUT2D eigenvalue weighted by atomic mass is 9.94. The van der Waals surface area contributed by atoms with Crippen molar-refractivity contribution in [1.82, 2.24) is 4.72 Å². The molecule has 0 radical (unpaired) electrons. The van der Waals surface area contributed by atoms with Crippen molar-refractivity contribution in [1.29, 1.82) is 0 Å². The first-order chi connectivity index (χ1) is 9.54. The van der Waals surface area contributed by atoms with Gasteiger partial charge in [-0.15, -0.1) is 11.3 Å². The molecule has 2 atom stereocenters. The zero-order chi connectivity index (χ0) is 14.6. The summed E-state index contributed by atoms with van der Waals surface area (Å²) in [5.41, 5.74) is 0.987. The summed E-state index contributed by atoms with van der Waals surface area (Å²) in [5.74, 6) is -0.115. The largest absolute Gasteiger partial charge is 0.395 e. The van der Waals surface area contributed by atoms with E-state index in [-0.39, 0.29) is 16.7 Å². The first-order valence-corrected chi connectivity index (χ1v) is 8.62. The van der Waals surface area contributed by atoms with Crippen LogP contribution in [-0.2, 0) is 10.0 Å². The maximum absolute atomic E-state index is 12.2. The quantitative estimate of drug-likeness (QED) is 0.859. The Bertz CT molecular complexity index is 624. The molecule has 0 aliphatic rings. The number of benzene rings is 1. The summed E-state index contributed by atoms with van der Waals surface area (Å²) in [4.78, 5) is 0. The van der Waals surface area contributed by atoms with Gasteiger partial charge in [0.1, 0.15) is 4.21 Å². The van der Waals surface area contributed by atoms with E-state index >= 15 is 0 Å². The van der Waals surface area contributed by atoms with Crippen molar-refractivity contribution < 1.29 is 13.5 Å². The van der Waals surface area contributed by atoms with E-state index in [2.05, 4.69) is 4.72 Å². The molecule has 108 valence electrons. The van der Waals surface area contributed by atoms with Crippen molar-refractivity contribution >= 4 is 21.4 Å². The molecule has 0 fully saturated rings. The summed E-state index contributed by atoms with van der Waals surface area (Å²) in [7, 11) is -3.57. The van der Waals surface area contributed by atoms with Crippen LogP contribution >= 0.6 is 11.3 Å². The van der Waals surface area contributed by atoms with Gasteiger partial charge < -0.3 is 5.11 Å². The highest BCUT2D eigenvalue weighted by atomic mass is 32.2. The lowest BCUT2D eigenvalue weighted by molar-refractivity contribution is 0.242. The molecule has 0 spiro atoms. The van der Waals surface area contributed by atoms with Crippen molar-refractivity contribution in [2.75, 3.05) is 6.61 Å². The summed E-state index contributed by atoms with van der Waals surface area (Å²) in [6, 6.07) is 12.2. The minimum atomic E-state index is -3.57. The molecule has 0 saturated heterocycles. The highest BCUT2D eigenvalue weighted by molar-refractivity contribution is 7.91. The topological polar surface area (TPSA) is 66.4 Å². The first kappa shape index (κ1) is 15.2. The second-order valence-corrected chi connectivity index (χ2v) is 7.43. The van der Waals surface area contributed by atoms with Gasteiger partial charge in [0.05, 0.1) is 12.6 Å². The molecule has 2 N–H and O–H groups in total. The van der Waals surface area contributed by atoms with Crippen molar-refractivity contribution in [3.05, 3.63) is 53.4 Å². The molecule has 20 heavy (non-hydrogen) atoms. The molecule has 0 saturated carbocycles. The van der Waals surface area contributed by atoms with Crippen LogP contribution < -0.4 is 4.72 Å². The highest BCUT2D eigenvalue weighted by Crippen LogP contribution is 2.22. The Hall–Kier alpha value is -1.21. The Kier molecular flexibility index (Phi) is 4.93. The lowest BCUT2D eigenvalue weighted by Crippen LogP contribution is -2.40. The number of aliphatic hydroxyl groups excluding tert-OH is 1. The monoisotopic (exact) mass is 311 g/mol. The Morgan fingerprint density at radius 2 is 1.90 bits per heavy atom. The van der Waals surface area contributed by atoms with E-state index < -0.39 is 16.1 Å². The molecular weight excluding hydrogens is 294 g/mol. The average molecular weight is 311 g/mol. The molecule has 2 aromatic rings. The normalized spacial score (nSPS) is 14.9. The van der Waals surface area contributed by atoms with Crippen LogP contribution in [0.25, 0.3) is 0 Å². The molecular formula is C14H17NO3S2. The highest BCUT2D eigenvalue weighted by Gasteiger charge is 2.25. The second kappa shape index (κ2) is 6.49. The zero-order valence-electron chi connectivity index (χ0n) is 11.1. The first-order valence-electron chi connectivity index (χ1n) is 6.26. The van der Waals surface area contributed by atoms with E-state index in [0.29, 0.717) is 0 Å². The van der Waals surface area contributed by atoms with Gasteiger partial charge >= 0.3 is 0 Å². The van der Waals surface area contributed by atoms with E-state index in [1.807, 2.05) is 37.3 Å². The van der Waals surface area contributed by atoms with Crippen LogP contribution in [0.1, 0.15) is 18.4 Å². The maximum Gasteiger partial charge on any atom is 0.250 e. The number of hydrogen-bond acceptors (Lipinski definition) is 4. The van der Waals surface area contributed by atoms with Crippen LogP contribution in [0.3, 0.4) is 0 Å². The average Bonchev–Trinajstić information content (AvgIpc) is 3.00. The van der Waals surface area contributed by atoms with Crippen LogP contribution in [0.2, 0.25) is 0 Å². The fraction of sp³-hybridized carbons (Fsp3) is 0.286. The van der Waals surface area contributed by atoms with Gasteiger partial charge in [0.25, 0.3) is 0 Å². The number of sulfonamides is 1. The summed E-state index contributed by atoms with van der Waals surface area (Å²) >= 11 is 1.16.